The van der Waals surface area contributed by atoms with Crippen LogP contribution in [0.15, 0.2) is 66.7 Å². The average Bonchev–Trinajstić information content (AvgIpc) is 3.22. The van der Waals surface area contributed by atoms with Crippen LogP contribution in [0.5, 0.6) is 0 Å². The lowest BCUT2D eigenvalue weighted by Crippen LogP contribution is -2.17. The Kier molecular flexibility index (Phi) is 6.49. The predicted molar refractivity (Wildman–Crippen MR) is 128 cm³/mol. The minimum absolute atomic E-state index is 0.00394. The standard InChI is InChI=1S/C26H25FN4O2/c1-16(2)25(32)28-20-9-3-17(4-10-20)5-14-24-30-22-13-6-18(15-23(22)31-24)26(33)29-21-11-7-19(27)8-12-21/h3-4,6-13,15-16H,5,14H2,1-2H3,(H,28,32)(H,29,33)(H,30,31). The van der Waals surface area contributed by atoms with Gasteiger partial charge in [0.2, 0.25) is 5.91 Å². The van der Waals surface area contributed by atoms with Crippen molar-refractivity contribution in [2.24, 2.45) is 5.92 Å². The zero-order valence-electron chi connectivity index (χ0n) is 18.5. The van der Waals surface area contributed by atoms with Gasteiger partial charge in [-0.3, -0.25) is 9.59 Å². The number of amides is 2. The van der Waals surface area contributed by atoms with Crippen LogP contribution < -0.4 is 10.6 Å². The number of halogens is 1. The van der Waals surface area contributed by atoms with E-state index in [1.807, 2.05) is 38.1 Å². The molecule has 7 heteroatoms. The first-order valence-corrected chi connectivity index (χ1v) is 10.8. The highest BCUT2D eigenvalue weighted by Gasteiger charge is 2.11. The van der Waals surface area contributed by atoms with Gasteiger partial charge in [0.15, 0.2) is 0 Å². The predicted octanol–water partition coefficient (Wildman–Crippen LogP) is 5.33. The summed E-state index contributed by atoms with van der Waals surface area (Å²) in [5.74, 6) is 0.138. The van der Waals surface area contributed by atoms with Gasteiger partial charge in [-0.15, -0.1) is 0 Å². The van der Waals surface area contributed by atoms with E-state index >= 15 is 0 Å². The second kappa shape index (κ2) is 9.65. The number of carbonyl (C=O) groups is 2. The Morgan fingerprint density at radius 1 is 0.909 bits per heavy atom. The summed E-state index contributed by atoms with van der Waals surface area (Å²) in [4.78, 5) is 32.2. The summed E-state index contributed by atoms with van der Waals surface area (Å²) in [6.45, 7) is 3.72. The van der Waals surface area contributed by atoms with E-state index in [-0.39, 0.29) is 23.5 Å². The molecule has 0 atom stereocenters. The molecule has 0 saturated carbocycles. The van der Waals surface area contributed by atoms with Gasteiger partial charge in [0, 0.05) is 29.3 Å². The summed E-state index contributed by atoms with van der Waals surface area (Å²) < 4.78 is 13.0. The number of rotatable bonds is 7. The van der Waals surface area contributed by atoms with E-state index in [0.29, 0.717) is 17.7 Å². The third-order valence-corrected chi connectivity index (χ3v) is 5.29. The van der Waals surface area contributed by atoms with E-state index in [0.717, 1.165) is 34.5 Å². The number of hydrogen-bond donors (Lipinski definition) is 3. The zero-order valence-corrected chi connectivity index (χ0v) is 18.5. The molecule has 1 aromatic heterocycles. The molecule has 4 rings (SSSR count). The summed E-state index contributed by atoms with van der Waals surface area (Å²) in [5, 5.41) is 5.65. The van der Waals surface area contributed by atoms with Crippen molar-refractivity contribution < 1.29 is 14.0 Å². The Morgan fingerprint density at radius 2 is 1.58 bits per heavy atom. The Hall–Kier alpha value is -4.00. The Morgan fingerprint density at radius 3 is 2.27 bits per heavy atom. The van der Waals surface area contributed by atoms with Gasteiger partial charge in [0.25, 0.3) is 5.91 Å². The van der Waals surface area contributed by atoms with Crippen molar-refractivity contribution in [3.63, 3.8) is 0 Å². The van der Waals surface area contributed by atoms with Crippen LogP contribution in [0.3, 0.4) is 0 Å². The van der Waals surface area contributed by atoms with Gasteiger partial charge in [0.1, 0.15) is 11.6 Å². The summed E-state index contributed by atoms with van der Waals surface area (Å²) in [6.07, 6.45) is 1.50. The lowest BCUT2D eigenvalue weighted by atomic mass is 10.1. The minimum atomic E-state index is -0.353. The molecule has 168 valence electrons. The van der Waals surface area contributed by atoms with E-state index in [1.54, 1.807) is 18.2 Å². The van der Waals surface area contributed by atoms with Crippen molar-refractivity contribution in [1.29, 1.82) is 0 Å². The quantitative estimate of drug-likeness (QED) is 0.360. The number of H-pyrrole nitrogens is 1. The molecule has 3 N–H and O–H groups in total. The molecule has 0 aliphatic carbocycles. The smallest absolute Gasteiger partial charge is 0.255 e. The highest BCUT2D eigenvalue weighted by Crippen LogP contribution is 2.18. The highest BCUT2D eigenvalue weighted by molar-refractivity contribution is 6.05. The van der Waals surface area contributed by atoms with Crippen molar-refractivity contribution in [3.05, 3.63) is 89.5 Å². The molecule has 2 amide bonds. The number of aromatic nitrogens is 2. The van der Waals surface area contributed by atoms with Gasteiger partial charge < -0.3 is 15.6 Å². The van der Waals surface area contributed by atoms with Gasteiger partial charge >= 0.3 is 0 Å². The summed E-state index contributed by atoms with van der Waals surface area (Å²) in [7, 11) is 0. The maximum Gasteiger partial charge on any atom is 0.255 e. The van der Waals surface area contributed by atoms with Crippen LogP contribution >= 0.6 is 0 Å². The number of benzene rings is 3. The van der Waals surface area contributed by atoms with Gasteiger partial charge in [-0.2, -0.15) is 0 Å². The molecule has 33 heavy (non-hydrogen) atoms. The fraction of sp³-hybridized carbons (Fsp3) is 0.192. The van der Waals surface area contributed by atoms with E-state index in [1.165, 1.54) is 24.3 Å². The largest absolute Gasteiger partial charge is 0.342 e. The van der Waals surface area contributed by atoms with E-state index in [9.17, 15) is 14.0 Å². The summed E-state index contributed by atoms with van der Waals surface area (Å²) in [5.41, 5.74) is 4.51. The number of fused-ring (bicyclic) bond motifs is 1. The van der Waals surface area contributed by atoms with Crippen LogP contribution in [0.25, 0.3) is 11.0 Å². The molecule has 6 nitrogen and oxygen atoms in total. The van der Waals surface area contributed by atoms with E-state index in [2.05, 4.69) is 20.6 Å². The maximum atomic E-state index is 13.0. The van der Waals surface area contributed by atoms with Crippen molar-refractivity contribution in [2.45, 2.75) is 26.7 Å². The monoisotopic (exact) mass is 444 g/mol. The lowest BCUT2D eigenvalue weighted by Gasteiger charge is -2.08. The Labute approximate surface area is 191 Å². The van der Waals surface area contributed by atoms with Crippen molar-refractivity contribution in [1.82, 2.24) is 9.97 Å². The number of imidazole rings is 1. The van der Waals surface area contributed by atoms with Gasteiger partial charge in [-0.25, -0.2) is 9.37 Å². The van der Waals surface area contributed by atoms with Crippen LogP contribution in [0.2, 0.25) is 0 Å². The van der Waals surface area contributed by atoms with Crippen LogP contribution in [0.1, 0.15) is 35.6 Å². The summed E-state index contributed by atoms with van der Waals surface area (Å²) in [6, 6.07) is 18.7. The number of carbonyl (C=O) groups excluding carboxylic acids is 2. The van der Waals surface area contributed by atoms with Crippen molar-refractivity contribution in [2.75, 3.05) is 10.6 Å². The average molecular weight is 445 g/mol. The molecular formula is C26H25FN4O2. The molecule has 0 unspecified atom stereocenters. The second-order valence-electron chi connectivity index (χ2n) is 8.22. The molecule has 0 spiro atoms. The number of nitrogens with zero attached hydrogens (tertiary/aromatic N) is 1. The first kappa shape index (κ1) is 22.2. The maximum absolute atomic E-state index is 13.0. The zero-order chi connectivity index (χ0) is 23.4. The van der Waals surface area contributed by atoms with E-state index < -0.39 is 0 Å². The van der Waals surface area contributed by atoms with Gasteiger partial charge in [-0.1, -0.05) is 26.0 Å². The Bertz CT molecular complexity index is 1280. The number of anilines is 2. The normalized spacial score (nSPS) is 11.0. The fourth-order valence-corrected chi connectivity index (χ4v) is 3.36. The topological polar surface area (TPSA) is 86.9 Å². The van der Waals surface area contributed by atoms with Crippen LogP contribution in [-0.4, -0.2) is 21.8 Å². The number of aryl methyl sites for hydroxylation is 2. The molecule has 0 radical (unpaired) electrons. The molecule has 1 heterocycles. The third-order valence-electron chi connectivity index (χ3n) is 5.29. The van der Waals surface area contributed by atoms with Crippen LogP contribution in [0.4, 0.5) is 15.8 Å². The number of aromatic amines is 1. The molecule has 4 aromatic rings. The number of hydrogen-bond acceptors (Lipinski definition) is 3. The first-order valence-electron chi connectivity index (χ1n) is 10.8. The molecule has 0 saturated heterocycles. The van der Waals surface area contributed by atoms with E-state index in [4.69, 9.17) is 0 Å². The molecule has 3 aromatic carbocycles. The van der Waals surface area contributed by atoms with Crippen molar-refractivity contribution in [3.8, 4) is 0 Å². The minimum Gasteiger partial charge on any atom is -0.342 e. The van der Waals surface area contributed by atoms with Crippen LogP contribution in [0, 0.1) is 11.7 Å². The second-order valence-corrected chi connectivity index (χ2v) is 8.22. The fourth-order valence-electron chi connectivity index (χ4n) is 3.36. The van der Waals surface area contributed by atoms with Gasteiger partial charge in [0.05, 0.1) is 11.0 Å². The molecule has 0 aliphatic rings. The summed E-state index contributed by atoms with van der Waals surface area (Å²) >= 11 is 0. The van der Waals surface area contributed by atoms with Crippen molar-refractivity contribution >= 4 is 34.2 Å². The third kappa shape index (κ3) is 5.63. The lowest BCUT2D eigenvalue weighted by molar-refractivity contribution is -0.118. The number of nitrogens with one attached hydrogen (secondary N) is 3. The molecule has 0 fully saturated rings. The Balaban J connectivity index is 1.38. The first-order chi connectivity index (χ1) is 15.9. The SMILES string of the molecule is CC(C)C(=O)Nc1ccc(CCc2nc3ccc(C(=O)Nc4ccc(F)cc4)cc3[nH]2)cc1. The molecular weight excluding hydrogens is 419 g/mol. The molecule has 0 bridgehead atoms. The van der Waals surface area contributed by atoms with Gasteiger partial charge in [-0.05, 0) is 66.6 Å². The van der Waals surface area contributed by atoms with Crippen LogP contribution in [-0.2, 0) is 17.6 Å². The molecule has 0 aliphatic heterocycles. The highest BCUT2D eigenvalue weighted by atomic mass is 19.1.